The van der Waals surface area contributed by atoms with E-state index < -0.39 is 0 Å². The first-order chi connectivity index (χ1) is 12.0. The Hall–Kier alpha value is -0.449. The molecule has 0 spiro atoms. The van der Waals surface area contributed by atoms with Crippen molar-refractivity contribution in [3.8, 4) is 0 Å². The molecule has 0 radical (unpaired) electrons. The average Bonchev–Trinajstić information content (AvgIpc) is 2.95. The minimum atomic E-state index is 0.120. The zero-order valence-electron chi connectivity index (χ0n) is 19.0. The van der Waals surface area contributed by atoms with Gasteiger partial charge in [-0.15, -0.1) is 0 Å². The second-order valence-corrected chi connectivity index (χ2v) is 13.2. The Morgan fingerprint density at radius 2 is 0.654 bits per heavy atom. The molecule has 0 aliphatic carbocycles. The van der Waals surface area contributed by atoms with E-state index in [1.165, 1.54) is 44.5 Å². The van der Waals surface area contributed by atoms with Crippen LogP contribution < -0.4 is 10.2 Å². The third kappa shape index (κ3) is 12.0. The maximum Gasteiger partial charge on any atom is -0.0632 e. The van der Waals surface area contributed by atoms with E-state index >= 15 is 0 Å². The molecular weight excluding hydrogens is 372 g/mol. The van der Waals surface area contributed by atoms with Gasteiger partial charge in [0.1, 0.15) is 0 Å². The minimum Gasteiger partial charge on any atom is -0.196 e. The summed E-state index contributed by atoms with van der Waals surface area (Å²) >= 11 is 2.27. The quantitative estimate of drug-likeness (QED) is 0.487. The summed E-state index contributed by atoms with van der Waals surface area (Å²) in [5.74, 6) is 0. The molecule has 0 aromatic heterocycles. The normalized spacial score (nSPS) is 8.62. The molecular formula is C22H38O2SiTi-2. The van der Waals surface area contributed by atoms with Crippen molar-refractivity contribution in [2.45, 2.75) is 68.5 Å². The van der Waals surface area contributed by atoms with Crippen LogP contribution in [-0.2, 0) is 19.2 Å². The third-order valence-corrected chi connectivity index (χ3v) is 4.36. The van der Waals surface area contributed by atoms with Crippen LogP contribution in [-0.4, -0.2) is 20.4 Å². The second kappa shape index (κ2) is 16.7. The Balaban J connectivity index is -0.000000294. The van der Waals surface area contributed by atoms with Gasteiger partial charge < -0.3 is 10.2 Å². The van der Waals surface area contributed by atoms with Crippen molar-refractivity contribution in [1.82, 2.24) is 0 Å². The van der Waals surface area contributed by atoms with Crippen LogP contribution >= 0.6 is 0 Å². The number of hydrogen-bond donors (Lipinski definition) is 0. The van der Waals surface area contributed by atoms with Gasteiger partial charge in [-0.3, -0.25) is 0 Å². The van der Waals surface area contributed by atoms with Crippen molar-refractivity contribution < 1.29 is 29.4 Å². The summed E-state index contributed by atoms with van der Waals surface area (Å²) in [5, 5.41) is 16.5. The average molecular weight is 410 g/mol. The first-order valence-corrected chi connectivity index (χ1v) is 13.6. The van der Waals surface area contributed by atoms with Crippen LogP contribution in [0.3, 0.4) is 0 Å². The largest absolute Gasteiger partial charge is 0.196 e. The fourth-order valence-electron chi connectivity index (χ4n) is 2.27. The number of aryl methyl sites for hydroxylation is 4. The maximum absolute atomic E-state index is 8.25. The zero-order valence-corrected chi connectivity index (χ0v) is 21.5. The smallest absolute Gasteiger partial charge is 0.0632 e. The van der Waals surface area contributed by atoms with Gasteiger partial charge in [-0.25, -0.2) is 0 Å². The molecule has 2 nitrogen and oxygen atoms in total. The van der Waals surface area contributed by atoms with E-state index in [1.807, 2.05) is 0 Å². The zero-order chi connectivity index (χ0) is 21.6. The summed E-state index contributed by atoms with van der Waals surface area (Å²) < 4.78 is 0. The molecule has 0 saturated carbocycles. The Morgan fingerprint density at radius 3 is 0.692 bits per heavy atom. The number of hydrogen-bond acceptors (Lipinski definition) is 2. The fourth-order valence-corrected chi connectivity index (χ4v) is 2.27. The molecule has 0 aliphatic heterocycles. The third-order valence-electron chi connectivity index (χ3n) is 4.36. The molecule has 2 aromatic rings. The van der Waals surface area contributed by atoms with Crippen molar-refractivity contribution in [3.05, 3.63) is 56.6 Å². The van der Waals surface area contributed by atoms with Crippen LogP contribution in [0.15, 0.2) is 12.1 Å². The summed E-state index contributed by atoms with van der Waals surface area (Å²) in [6, 6.07) is 4.48. The molecule has 0 fully saturated rings. The monoisotopic (exact) mass is 410 g/mol. The fraction of sp³-hybridized carbons (Fsp3) is 0.545. The SMILES string of the molecule is C[O-].C[O-].C[Si](C)=[Ti+2].Cc1[cH-]c(C)c(C)c1C.Cc1[cH-]c(C)c(C)c1C. The molecule has 0 heterocycles. The second-order valence-electron chi connectivity index (χ2n) is 6.52. The molecule has 0 bridgehead atoms. The standard InChI is InChI=1S/2C9H13.C2H6Si.2CH3O.Ti/c2*1-6-5-7(2)9(4)8(6)3;1-3-2;2*1-2;/h2*5H,1-4H3;1-2H3;2*1H3;/q2*-1;;2*-1;+2. The van der Waals surface area contributed by atoms with Gasteiger partial charge in [0, 0.05) is 0 Å². The molecule has 0 unspecified atom stereocenters. The molecule has 2 rings (SSSR count). The van der Waals surface area contributed by atoms with Crippen LogP contribution in [0.4, 0.5) is 0 Å². The molecule has 0 atom stereocenters. The van der Waals surface area contributed by atoms with Gasteiger partial charge >= 0.3 is 38.5 Å². The predicted molar refractivity (Wildman–Crippen MR) is 111 cm³/mol. The van der Waals surface area contributed by atoms with E-state index in [1.54, 1.807) is 0 Å². The van der Waals surface area contributed by atoms with Crippen LogP contribution in [0.25, 0.3) is 0 Å². The molecule has 0 saturated heterocycles. The van der Waals surface area contributed by atoms with Gasteiger partial charge in [0.05, 0.1) is 0 Å². The summed E-state index contributed by atoms with van der Waals surface area (Å²) in [7, 11) is 1.50. The van der Waals surface area contributed by atoms with E-state index in [2.05, 4.69) is 99.8 Å². The Bertz CT molecular complexity index is 538. The van der Waals surface area contributed by atoms with Crippen LogP contribution in [0, 0.1) is 55.4 Å². The summed E-state index contributed by atoms with van der Waals surface area (Å²) in [6.07, 6.45) is 0.120. The maximum atomic E-state index is 8.25. The Morgan fingerprint density at radius 1 is 0.538 bits per heavy atom. The molecule has 148 valence electrons. The Labute approximate surface area is 174 Å². The van der Waals surface area contributed by atoms with Crippen molar-refractivity contribution in [3.63, 3.8) is 0 Å². The van der Waals surface area contributed by atoms with Gasteiger partial charge in [-0.2, -0.15) is 70.9 Å². The topological polar surface area (TPSA) is 46.1 Å². The van der Waals surface area contributed by atoms with E-state index in [0.717, 1.165) is 14.2 Å². The van der Waals surface area contributed by atoms with Crippen molar-refractivity contribution in [2.75, 3.05) is 14.2 Å². The van der Waals surface area contributed by atoms with Gasteiger partial charge in [-0.1, -0.05) is 55.4 Å². The van der Waals surface area contributed by atoms with E-state index in [-0.39, 0.29) is 6.19 Å². The van der Waals surface area contributed by atoms with Gasteiger partial charge in [-0.05, 0) is 0 Å². The summed E-state index contributed by atoms with van der Waals surface area (Å²) in [5.41, 5.74) is 11.5. The van der Waals surface area contributed by atoms with Crippen LogP contribution in [0.2, 0.25) is 13.1 Å². The van der Waals surface area contributed by atoms with E-state index in [0.29, 0.717) is 0 Å². The van der Waals surface area contributed by atoms with Crippen LogP contribution in [0.1, 0.15) is 44.5 Å². The predicted octanol–water partition coefficient (Wildman–Crippen LogP) is 4.02. The van der Waals surface area contributed by atoms with Crippen molar-refractivity contribution >= 4 is 6.19 Å². The molecule has 0 N–H and O–H groups in total. The minimum absolute atomic E-state index is 0.120. The molecule has 0 amide bonds. The van der Waals surface area contributed by atoms with Gasteiger partial charge in [0.25, 0.3) is 0 Å². The van der Waals surface area contributed by atoms with Gasteiger partial charge in [0.15, 0.2) is 0 Å². The van der Waals surface area contributed by atoms with Crippen molar-refractivity contribution in [1.29, 1.82) is 0 Å². The van der Waals surface area contributed by atoms with E-state index in [4.69, 9.17) is 10.2 Å². The first-order valence-electron chi connectivity index (χ1n) is 8.72. The molecule has 0 aliphatic rings. The van der Waals surface area contributed by atoms with Crippen LogP contribution in [0.5, 0.6) is 0 Å². The molecule has 2 aromatic carbocycles. The summed E-state index contributed by atoms with van der Waals surface area (Å²) in [6.45, 7) is 21.9. The molecule has 4 heteroatoms. The van der Waals surface area contributed by atoms with E-state index in [9.17, 15) is 0 Å². The first kappa shape index (κ1) is 30.3. The van der Waals surface area contributed by atoms with Crippen molar-refractivity contribution in [2.24, 2.45) is 0 Å². The Kier molecular flexibility index (Phi) is 19.5. The summed E-state index contributed by atoms with van der Waals surface area (Å²) in [4.78, 5) is 0. The number of rotatable bonds is 0. The molecule has 26 heavy (non-hydrogen) atoms. The van der Waals surface area contributed by atoms with Gasteiger partial charge in [0.2, 0.25) is 0 Å².